The Kier molecular flexibility index (Phi) is 4.68. The van der Waals surface area contributed by atoms with Gasteiger partial charge >= 0.3 is 0 Å². The smallest absolute Gasteiger partial charge is 0.265 e. The summed E-state index contributed by atoms with van der Waals surface area (Å²) < 4.78 is 14.3. The van der Waals surface area contributed by atoms with Crippen molar-refractivity contribution in [2.45, 2.75) is 13.8 Å². The fraction of sp³-hybridized carbons (Fsp3) is 0.250. The van der Waals surface area contributed by atoms with Gasteiger partial charge in [0, 0.05) is 13.1 Å². The van der Waals surface area contributed by atoms with Crippen LogP contribution < -0.4 is 16.0 Å². The summed E-state index contributed by atoms with van der Waals surface area (Å²) in [6, 6.07) is 5.70. The van der Waals surface area contributed by atoms with Crippen molar-refractivity contribution in [2.24, 2.45) is 0 Å². The highest BCUT2D eigenvalue weighted by atomic mass is 32.1. The number of amides is 1. The molecular formula is C16H17FN4OS2. The summed E-state index contributed by atoms with van der Waals surface area (Å²) in [5.41, 5.74) is 6.36. The van der Waals surface area contributed by atoms with Crippen molar-refractivity contribution in [2.75, 3.05) is 29.0 Å². The number of anilines is 3. The van der Waals surface area contributed by atoms with E-state index in [2.05, 4.69) is 29.0 Å². The van der Waals surface area contributed by atoms with Gasteiger partial charge in [0.15, 0.2) is 5.13 Å². The lowest BCUT2D eigenvalue weighted by atomic mass is 10.2. The van der Waals surface area contributed by atoms with Crippen LogP contribution in [0, 0.1) is 5.82 Å². The number of carbonyl (C=O) groups is 1. The van der Waals surface area contributed by atoms with Crippen LogP contribution in [0.5, 0.6) is 0 Å². The molecule has 0 unspecified atom stereocenters. The molecule has 0 fully saturated rings. The molecule has 1 aromatic carbocycles. The zero-order chi connectivity index (χ0) is 17.3. The van der Waals surface area contributed by atoms with Gasteiger partial charge in [-0.1, -0.05) is 11.3 Å². The first-order valence-electron chi connectivity index (χ1n) is 7.53. The molecule has 3 N–H and O–H groups in total. The van der Waals surface area contributed by atoms with Crippen molar-refractivity contribution in [1.82, 2.24) is 4.98 Å². The normalized spacial score (nSPS) is 11.0. The highest BCUT2D eigenvalue weighted by molar-refractivity contribution is 7.29. The first-order chi connectivity index (χ1) is 11.5. The zero-order valence-corrected chi connectivity index (χ0v) is 14.9. The topological polar surface area (TPSA) is 71.2 Å². The summed E-state index contributed by atoms with van der Waals surface area (Å²) in [7, 11) is 0. The van der Waals surface area contributed by atoms with E-state index >= 15 is 0 Å². The van der Waals surface area contributed by atoms with E-state index in [-0.39, 0.29) is 11.6 Å². The van der Waals surface area contributed by atoms with E-state index in [0.717, 1.165) is 27.8 Å². The number of hydrogen-bond donors (Lipinski definition) is 2. The maximum absolute atomic E-state index is 13.3. The maximum Gasteiger partial charge on any atom is 0.265 e. The molecule has 3 rings (SSSR count). The van der Waals surface area contributed by atoms with Gasteiger partial charge in [0.05, 0.1) is 21.0 Å². The number of nitrogen functional groups attached to an aromatic ring is 1. The standard InChI is InChI=1S/C16H17FN4OS2/c1-3-21(4-2)16-20-15-13(24-16)8-12(23-15)14(22)19-11-7-9(17)5-6-10(11)18/h5-8H,3-4,18H2,1-2H3,(H,19,22). The number of rotatable bonds is 5. The summed E-state index contributed by atoms with van der Waals surface area (Å²) in [5.74, 6) is -0.760. The summed E-state index contributed by atoms with van der Waals surface area (Å²) >= 11 is 2.89. The Balaban J connectivity index is 1.83. The molecule has 0 saturated heterocycles. The predicted molar refractivity (Wildman–Crippen MR) is 99.8 cm³/mol. The minimum atomic E-state index is -0.447. The van der Waals surface area contributed by atoms with E-state index < -0.39 is 5.82 Å². The first-order valence-corrected chi connectivity index (χ1v) is 9.16. The summed E-state index contributed by atoms with van der Waals surface area (Å²) in [6.45, 7) is 5.95. The molecule has 0 aliphatic heterocycles. The van der Waals surface area contributed by atoms with Gasteiger partial charge in [-0.25, -0.2) is 9.37 Å². The highest BCUT2D eigenvalue weighted by Crippen LogP contribution is 2.35. The Hall–Kier alpha value is -2.19. The number of hydrogen-bond acceptors (Lipinski definition) is 6. The summed E-state index contributed by atoms with van der Waals surface area (Å²) in [5, 5.41) is 3.61. The van der Waals surface area contributed by atoms with E-state index in [1.54, 1.807) is 11.3 Å². The van der Waals surface area contributed by atoms with Crippen LogP contribution in [-0.4, -0.2) is 24.0 Å². The minimum Gasteiger partial charge on any atom is -0.397 e. The van der Waals surface area contributed by atoms with Gasteiger partial charge in [-0.05, 0) is 38.1 Å². The van der Waals surface area contributed by atoms with E-state index in [1.165, 1.54) is 29.5 Å². The van der Waals surface area contributed by atoms with Crippen molar-refractivity contribution in [3.8, 4) is 0 Å². The second-order valence-electron chi connectivity index (χ2n) is 5.13. The van der Waals surface area contributed by atoms with Gasteiger partial charge in [-0.15, -0.1) is 11.3 Å². The second-order valence-corrected chi connectivity index (χ2v) is 7.17. The van der Waals surface area contributed by atoms with Crippen LogP contribution >= 0.6 is 22.7 Å². The Bertz CT molecular complexity index is 854. The number of benzene rings is 1. The SMILES string of the molecule is CCN(CC)c1nc2sc(C(=O)Nc3cc(F)ccc3N)cc2s1. The number of nitrogens with one attached hydrogen (secondary N) is 1. The van der Waals surface area contributed by atoms with E-state index in [4.69, 9.17) is 5.73 Å². The number of aromatic nitrogens is 1. The average molecular weight is 364 g/mol. The molecule has 2 aromatic heterocycles. The van der Waals surface area contributed by atoms with E-state index in [9.17, 15) is 9.18 Å². The Morgan fingerprint density at radius 3 is 2.71 bits per heavy atom. The van der Waals surface area contributed by atoms with Crippen LogP contribution in [0.1, 0.15) is 23.5 Å². The lowest BCUT2D eigenvalue weighted by Gasteiger charge is -2.16. The van der Waals surface area contributed by atoms with Crippen LogP contribution in [0.2, 0.25) is 0 Å². The molecule has 0 bridgehead atoms. The molecule has 0 atom stereocenters. The van der Waals surface area contributed by atoms with Crippen molar-refractivity contribution in [3.05, 3.63) is 35.0 Å². The molecule has 24 heavy (non-hydrogen) atoms. The van der Waals surface area contributed by atoms with E-state index in [1.807, 2.05) is 6.07 Å². The molecule has 5 nitrogen and oxygen atoms in total. The highest BCUT2D eigenvalue weighted by Gasteiger charge is 2.17. The zero-order valence-electron chi connectivity index (χ0n) is 13.3. The summed E-state index contributed by atoms with van der Waals surface area (Å²) in [6.07, 6.45) is 0. The minimum absolute atomic E-state index is 0.272. The molecule has 0 radical (unpaired) electrons. The Morgan fingerprint density at radius 2 is 2.04 bits per heavy atom. The number of nitrogens with two attached hydrogens (primary N) is 1. The summed E-state index contributed by atoms with van der Waals surface area (Å²) in [4.78, 5) is 20.5. The van der Waals surface area contributed by atoms with Crippen LogP contribution in [0.15, 0.2) is 24.3 Å². The second kappa shape index (κ2) is 6.74. The third kappa shape index (κ3) is 3.20. The Labute approximate surface area is 146 Å². The van der Waals surface area contributed by atoms with Crippen LogP contribution in [0.4, 0.5) is 20.9 Å². The lowest BCUT2D eigenvalue weighted by Crippen LogP contribution is -2.21. The largest absolute Gasteiger partial charge is 0.397 e. The molecule has 1 amide bonds. The fourth-order valence-electron chi connectivity index (χ4n) is 2.29. The third-order valence-electron chi connectivity index (χ3n) is 3.60. The van der Waals surface area contributed by atoms with Gasteiger partial charge in [0.2, 0.25) is 0 Å². The van der Waals surface area contributed by atoms with Gasteiger partial charge < -0.3 is 16.0 Å². The lowest BCUT2D eigenvalue weighted by molar-refractivity contribution is 0.103. The molecule has 2 heterocycles. The maximum atomic E-state index is 13.3. The van der Waals surface area contributed by atoms with Crippen molar-refractivity contribution < 1.29 is 9.18 Å². The van der Waals surface area contributed by atoms with Gasteiger partial charge in [0.25, 0.3) is 5.91 Å². The number of nitrogens with zero attached hydrogens (tertiary/aromatic N) is 2. The molecule has 0 aliphatic rings. The fourth-order valence-corrected chi connectivity index (χ4v) is 4.52. The molecule has 0 aliphatic carbocycles. The van der Waals surface area contributed by atoms with Crippen molar-refractivity contribution >= 4 is 54.6 Å². The van der Waals surface area contributed by atoms with Crippen LogP contribution in [-0.2, 0) is 0 Å². The molecule has 0 spiro atoms. The first kappa shape index (κ1) is 16.7. The third-order valence-corrected chi connectivity index (χ3v) is 5.82. The number of thiazole rings is 1. The molecule has 126 valence electrons. The monoisotopic (exact) mass is 364 g/mol. The van der Waals surface area contributed by atoms with Gasteiger partial charge in [0.1, 0.15) is 10.6 Å². The number of halogens is 1. The molecule has 0 saturated carbocycles. The van der Waals surface area contributed by atoms with Crippen LogP contribution in [0.25, 0.3) is 9.53 Å². The van der Waals surface area contributed by atoms with Crippen molar-refractivity contribution in [1.29, 1.82) is 0 Å². The van der Waals surface area contributed by atoms with Gasteiger partial charge in [-0.2, -0.15) is 0 Å². The molecular weight excluding hydrogens is 347 g/mol. The van der Waals surface area contributed by atoms with Crippen molar-refractivity contribution in [3.63, 3.8) is 0 Å². The predicted octanol–water partition coefficient (Wildman–Crippen LogP) is 4.18. The van der Waals surface area contributed by atoms with Crippen LogP contribution in [0.3, 0.4) is 0 Å². The number of thiophene rings is 1. The van der Waals surface area contributed by atoms with E-state index in [0.29, 0.717) is 10.6 Å². The number of fused-ring (bicyclic) bond motifs is 1. The average Bonchev–Trinajstić information content (AvgIpc) is 3.11. The Morgan fingerprint density at radius 1 is 1.29 bits per heavy atom. The van der Waals surface area contributed by atoms with Gasteiger partial charge in [-0.3, -0.25) is 4.79 Å². The molecule has 8 heteroatoms. The molecule has 3 aromatic rings. The quantitative estimate of drug-likeness (QED) is 0.666. The number of carbonyl (C=O) groups excluding carboxylic acids is 1.